The van der Waals surface area contributed by atoms with Gasteiger partial charge in [-0.1, -0.05) is 0 Å². The first kappa shape index (κ1) is 15.2. The molecule has 1 unspecified atom stereocenters. The third-order valence-electron chi connectivity index (χ3n) is 3.60. The van der Waals surface area contributed by atoms with Crippen LogP contribution in [0.1, 0.15) is 30.6 Å². The molecule has 1 aliphatic rings. The summed E-state index contributed by atoms with van der Waals surface area (Å²) in [6, 6.07) is 4.53. The summed E-state index contributed by atoms with van der Waals surface area (Å²) in [5.41, 5.74) is 0.452. The van der Waals surface area contributed by atoms with E-state index in [0.29, 0.717) is 17.8 Å². The van der Waals surface area contributed by atoms with Crippen molar-refractivity contribution in [1.82, 2.24) is 10.6 Å². The summed E-state index contributed by atoms with van der Waals surface area (Å²) in [7, 11) is 0. The molecule has 21 heavy (non-hydrogen) atoms. The van der Waals surface area contributed by atoms with Crippen molar-refractivity contribution in [3.8, 4) is 0 Å². The Hall–Kier alpha value is -2.15. The minimum Gasteiger partial charge on any atom is -0.373 e. The molecule has 1 saturated heterocycles. The highest BCUT2D eigenvalue weighted by Gasteiger charge is 2.30. The predicted molar refractivity (Wildman–Crippen MR) is 80.6 cm³/mol. The normalized spacial score (nSPS) is 21.0. The Morgan fingerprint density at radius 2 is 2.29 bits per heavy atom. The zero-order valence-electron chi connectivity index (χ0n) is 12.2. The summed E-state index contributed by atoms with van der Waals surface area (Å²) in [5, 5.41) is 20.3. The molecular formula is C14H20N4O3. The fraction of sp³-hybridized carbons (Fsp3) is 0.500. The second kappa shape index (κ2) is 6.09. The molecule has 1 heterocycles. The SMILES string of the molecule is CCNC(=O)c1ccc(NC2(C)CCNC2)c([N+](=O)[O-])c1. The number of nitro benzene ring substituents is 1. The van der Waals surface area contributed by atoms with E-state index >= 15 is 0 Å². The molecule has 7 heteroatoms. The van der Waals surface area contributed by atoms with Gasteiger partial charge in [0.15, 0.2) is 0 Å². The number of nitro groups is 1. The number of benzene rings is 1. The fourth-order valence-corrected chi connectivity index (χ4v) is 2.44. The van der Waals surface area contributed by atoms with Gasteiger partial charge in [0.1, 0.15) is 5.69 Å². The second-order valence-electron chi connectivity index (χ2n) is 5.46. The highest BCUT2D eigenvalue weighted by molar-refractivity contribution is 5.95. The van der Waals surface area contributed by atoms with Crippen molar-refractivity contribution in [2.24, 2.45) is 0 Å². The zero-order valence-corrected chi connectivity index (χ0v) is 12.2. The molecule has 1 amide bonds. The van der Waals surface area contributed by atoms with Gasteiger partial charge in [-0.25, -0.2) is 0 Å². The molecule has 2 rings (SSSR count). The number of carbonyl (C=O) groups is 1. The number of hydrogen-bond donors (Lipinski definition) is 3. The van der Waals surface area contributed by atoms with E-state index in [0.717, 1.165) is 19.5 Å². The van der Waals surface area contributed by atoms with Crippen molar-refractivity contribution in [3.63, 3.8) is 0 Å². The van der Waals surface area contributed by atoms with Crippen LogP contribution in [0.3, 0.4) is 0 Å². The van der Waals surface area contributed by atoms with Gasteiger partial charge in [0.05, 0.1) is 4.92 Å². The van der Waals surface area contributed by atoms with Crippen LogP contribution in [-0.2, 0) is 0 Å². The first-order valence-corrected chi connectivity index (χ1v) is 7.01. The van der Waals surface area contributed by atoms with Crippen LogP contribution in [0.2, 0.25) is 0 Å². The van der Waals surface area contributed by atoms with Crippen LogP contribution in [0.25, 0.3) is 0 Å². The van der Waals surface area contributed by atoms with Gasteiger partial charge in [0.25, 0.3) is 11.6 Å². The Kier molecular flexibility index (Phi) is 4.42. The molecule has 1 aromatic carbocycles. The van der Waals surface area contributed by atoms with Crippen LogP contribution in [-0.4, -0.2) is 36.0 Å². The molecule has 1 aromatic rings. The molecule has 114 valence electrons. The Balaban J connectivity index is 2.29. The highest BCUT2D eigenvalue weighted by atomic mass is 16.6. The van der Waals surface area contributed by atoms with Gasteiger partial charge in [-0.3, -0.25) is 14.9 Å². The largest absolute Gasteiger partial charge is 0.373 e. The standard InChI is InChI=1S/C14H20N4O3/c1-3-16-13(19)10-4-5-11(12(8-10)18(20)21)17-14(2)6-7-15-9-14/h4-5,8,15,17H,3,6-7,9H2,1-2H3,(H,16,19). The minimum absolute atomic E-state index is 0.0770. The first-order valence-electron chi connectivity index (χ1n) is 7.01. The summed E-state index contributed by atoms with van der Waals surface area (Å²) in [6.45, 7) is 5.94. The molecule has 0 aromatic heterocycles. The van der Waals surface area contributed by atoms with Gasteiger partial charge in [-0.05, 0) is 38.9 Å². The number of nitrogens with zero attached hydrogens (tertiary/aromatic N) is 1. The number of rotatable bonds is 5. The summed E-state index contributed by atoms with van der Waals surface area (Å²) >= 11 is 0. The average Bonchev–Trinajstić information content (AvgIpc) is 2.85. The Bertz CT molecular complexity index is 553. The van der Waals surface area contributed by atoms with Gasteiger partial charge in [-0.2, -0.15) is 0 Å². The number of amides is 1. The summed E-state index contributed by atoms with van der Waals surface area (Å²) in [5.74, 6) is -0.305. The van der Waals surface area contributed by atoms with Crippen molar-refractivity contribution >= 4 is 17.3 Å². The zero-order chi connectivity index (χ0) is 15.5. The van der Waals surface area contributed by atoms with Crippen LogP contribution in [0.5, 0.6) is 0 Å². The van der Waals surface area contributed by atoms with Crippen molar-refractivity contribution in [1.29, 1.82) is 0 Å². The van der Waals surface area contributed by atoms with Gasteiger partial charge >= 0.3 is 0 Å². The van der Waals surface area contributed by atoms with E-state index in [1.54, 1.807) is 19.1 Å². The molecular weight excluding hydrogens is 272 g/mol. The van der Waals surface area contributed by atoms with Crippen molar-refractivity contribution < 1.29 is 9.72 Å². The lowest BCUT2D eigenvalue weighted by Gasteiger charge is -2.25. The van der Waals surface area contributed by atoms with Gasteiger partial charge in [0.2, 0.25) is 0 Å². The summed E-state index contributed by atoms with van der Waals surface area (Å²) in [6.07, 6.45) is 0.891. The Morgan fingerprint density at radius 1 is 1.52 bits per heavy atom. The van der Waals surface area contributed by atoms with Gasteiger partial charge < -0.3 is 16.0 Å². The summed E-state index contributed by atoms with van der Waals surface area (Å²) < 4.78 is 0. The lowest BCUT2D eigenvalue weighted by molar-refractivity contribution is -0.384. The lowest BCUT2D eigenvalue weighted by atomic mass is 10.0. The van der Waals surface area contributed by atoms with Crippen LogP contribution >= 0.6 is 0 Å². The molecule has 0 aliphatic carbocycles. The van der Waals surface area contributed by atoms with E-state index in [1.807, 2.05) is 6.92 Å². The smallest absolute Gasteiger partial charge is 0.293 e. The molecule has 3 N–H and O–H groups in total. The van der Waals surface area contributed by atoms with Crippen molar-refractivity contribution in [3.05, 3.63) is 33.9 Å². The summed E-state index contributed by atoms with van der Waals surface area (Å²) in [4.78, 5) is 22.6. The maximum atomic E-state index is 11.8. The molecule has 7 nitrogen and oxygen atoms in total. The number of nitrogens with one attached hydrogen (secondary N) is 3. The van der Waals surface area contributed by atoms with E-state index in [4.69, 9.17) is 0 Å². The van der Waals surface area contributed by atoms with Crippen LogP contribution in [0.4, 0.5) is 11.4 Å². The molecule has 0 bridgehead atoms. The predicted octanol–water partition coefficient (Wildman–Crippen LogP) is 1.51. The topological polar surface area (TPSA) is 96.3 Å². The first-order chi connectivity index (χ1) is 9.95. The second-order valence-corrected chi connectivity index (χ2v) is 5.46. The molecule has 1 aliphatic heterocycles. The van der Waals surface area contributed by atoms with E-state index < -0.39 is 4.92 Å². The quantitative estimate of drug-likeness (QED) is 0.564. The van der Waals surface area contributed by atoms with E-state index in [2.05, 4.69) is 16.0 Å². The van der Waals surface area contributed by atoms with Crippen LogP contribution in [0.15, 0.2) is 18.2 Å². The average molecular weight is 292 g/mol. The number of carbonyl (C=O) groups excluding carboxylic acids is 1. The van der Waals surface area contributed by atoms with Gasteiger partial charge in [0, 0.05) is 30.3 Å². The van der Waals surface area contributed by atoms with Gasteiger partial charge in [-0.15, -0.1) is 0 Å². The molecule has 1 atom stereocenters. The maximum Gasteiger partial charge on any atom is 0.293 e. The molecule has 1 fully saturated rings. The lowest BCUT2D eigenvalue weighted by Crippen LogP contribution is -2.37. The maximum absolute atomic E-state index is 11.8. The minimum atomic E-state index is -0.462. The van der Waals surface area contributed by atoms with Crippen LogP contribution < -0.4 is 16.0 Å². The Morgan fingerprint density at radius 3 is 2.86 bits per heavy atom. The van der Waals surface area contributed by atoms with Crippen molar-refractivity contribution in [2.45, 2.75) is 25.8 Å². The fourth-order valence-electron chi connectivity index (χ4n) is 2.44. The molecule has 0 saturated carbocycles. The molecule has 0 radical (unpaired) electrons. The molecule has 0 spiro atoms. The number of hydrogen-bond acceptors (Lipinski definition) is 5. The van der Waals surface area contributed by atoms with Crippen LogP contribution in [0, 0.1) is 10.1 Å². The Labute approximate surface area is 123 Å². The van der Waals surface area contributed by atoms with Crippen molar-refractivity contribution in [2.75, 3.05) is 25.0 Å². The highest BCUT2D eigenvalue weighted by Crippen LogP contribution is 2.30. The third-order valence-corrected chi connectivity index (χ3v) is 3.60. The van der Waals surface area contributed by atoms with E-state index in [9.17, 15) is 14.9 Å². The monoisotopic (exact) mass is 292 g/mol. The number of anilines is 1. The third kappa shape index (κ3) is 3.49. The van der Waals surface area contributed by atoms with E-state index in [1.165, 1.54) is 6.07 Å². The van der Waals surface area contributed by atoms with E-state index in [-0.39, 0.29) is 17.1 Å².